The Kier molecular flexibility index (Phi) is 3.77. The maximum absolute atomic E-state index is 13.1. The molecule has 1 aromatic carbocycles. The monoisotopic (exact) mass is 259 g/mol. The van der Waals surface area contributed by atoms with E-state index in [1.807, 2.05) is 0 Å². The van der Waals surface area contributed by atoms with Gasteiger partial charge >= 0.3 is 0 Å². The molecule has 0 bridgehead atoms. The number of hydrogen-bond donors (Lipinski definition) is 1. The van der Waals surface area contributed by atoms with Crippen LogP contribution in [-0.4, -0.2) is 12.3 Å². The third-order valence-corrected chi connectivity index (χ3v) is 2.72. The highest BCUT2D eigenvalue weighted by Gasteiger charge is 2.15. The summed E-state index contributed by atoms with van der Waals surface area (Å²) < 4.78 is 13.5. The quantitative estimate of drug-likeness (QED) is 0.905. The van der Waals surface area contributed by atoms with Crippen LogP contribution in [0.1, 0.15) is 18.4 Å². The molecule has 14 heavy (non-hydrogen) atoms. The molecule has 0 aliphatic heterocycles. The smallest absolute Gasteiger partial charge is 0.138 e. The molecule has 1 atom stereocenters. The van der Waals surface area contributed by atoms with Crippen molar-refractivity contribution >= 4 is 21.7 Å². The molecule has 0 aliphatic carbocycles. The predicted octanol–water partition coefficient (Wildman–Crippen LogP) is 2.22. The highest BCUT2D eigenvalue weighted by atomic mass is 79.9. The second kappa shape index (κ2) is 4.66. The minimum Gasteiger partial charge on any atom is -0.329 e. The van der Waals surface area contributed by atoms with Crippen LogP contribution in [0.5, 0.6) is 0 Å². The summed E-state index contributed by atoms with van der Waals surface area (Å²) in [5, 5.41) is 0. The lowest BCUT2D eigenvalue weighted by Crippen LogP contribution is -2.19. The number of benzene rings is 1. The molecular weight excluding hydrogens is 249 g/mol. The third-order valence-electron chi connectivity index (χ3n) is 2.07. The molecule has 2 nitrogen and oxygen atoms in total. The van der Waals surface area contributed by atoms with Crippen LogP contribution < -0.4 is 5.73 Å². The van der Waals surface area contributed by atoms with Gasteiger partial charge in [0.25, 0.3) is 0 Å². The summed E-state index contributed by atoms with van der Waals surface area (Å²) >= 11 is 3.05. The fraction of sp³-hybridized carbons (Fsp3) is 0.300. The standard InChI is InChI=1S/C10H11BrFNO/c1-6(14)8(5-13)7-2-3-9(11)10(12)4-7/h2-4,8H,5,13H2,1H3/t8-/m0/s1. The van der Waals surface area contributed by atoms with Gasteiger partial charge in [0.1, 0.15) is 11.6 Å². The highest BCUT2D eigenvalue weighted by Crippen LogP contribution is 2.22. The van der Waals surface area contributed by atoms with Crippen molar-refractivity contribution in [2.24, 2.45) is 5.73 Å². The summed E-state index contributed by atoms with van der Waals surface area (Å²) in [5.74, 6) is -0.825. The number of rotatable bonds is 3. The minimum atomic E-state index is -0.405. The van der Waals surface area contributed by atoms with Crippen LogP contribution in [0.4, 0.5) is 4.39 Å². The Hall–Kier alpha value is -0.740. The zero-order valence-corrected chi connectivity index (χ0v) is 9.34. The van der Waals surface area contributed by atoms with Gasteiger partial charge in [0.2, 0.25) is 0 Å². The Bertz CT molecular complexity index is 354. The van der Waals surface area contributed by atoms with Crippen LogP contribution in [-0.2, 0) is 4.79 Å². The Labute approximate surface area is 90.4 Å². The lowest BCUT2D eigenvalue weighted by atomic mass is 9.96. The Balaban J connectivity index is 3.06. The van der Waals surface area contributed by atoms with E-state index in [9.17, 15) is 9.18 Å². The van der Waals surface area contributed by atoms with Crippen molar-refractivity contribution in [1.82, 2.24) is 0 Å². The van der Waals surface area contributed by atoms with Crippen LogP contribution in [0.2, 0.25) is 0 Å². The van der Waals surface area contributed by atoms with E-state index >= 15 is 0 Å². The normalized spacial score (nSPS) is 12.6. The third kappa shape index (κ3) is 2.39. The van der Waals surface area contributed by atoms with Crippen LogP contribution in [0, 0.1) is 5.82 Å². The maximum Gasteiger partial charge on any atom is 0.138 e. The number of hydrogen-bond acceptors (Lipinski definition) is 2. The van der Waals surface area contributed by atoms with Crippen LogP contribution in [0.15, 0.2) is 22.7 Å². The Morgan fingerprint density at radius 1 is 1.64 bits per heavy atom. The molecule has 0 heterocycles. The van der Waals surface area contributed by atoms with E-state index in [2.05, 4.69) is 15.9 Å². The molecule has 0 aromatic heterocycles. The molecule has 0 amide bonds. The molecule has 0 saturated carbocycles. The molecule has 4 heteroatoms. The van der Waals surface area contributed by atoms with Gasteiger partial charge in [-0.1, -0.05) is 6.07 Å². The van der Waals surface area contributed by atoms with Gasteiger partial charge in [0.05, 0.1) is 10.4 Å². The second-order valence-electron chi connectivity index (χ2n) is 3.07. The first-order valence-corrected chi connectivity index (χ1v) is 5.01. The first-order valence-electron chi connectivity index (χ1n) is 4.21. The van der Waals surface area contributed by atoms with Crippen molar-refractivity contribution in [2.45, 2.75) is 12.8 Å². The van der Waals surface area contributed by atoms with Gasteiger partial charge in [-0.2, -0.15) is 0 Å². The molecule has 2 N–H and O–H groups in total. The number of carbonyl (C=O) groups is 1. The topological polar surface area (TPSA) is 43.1 Å². The van der Waals surface area contributed by atoms with E-state index in [-0.39, 0.29) is 18.1 Å². The van der Waals surface area contributed by atoms with Gasteiger partial charge in [0.15, 0.2) is 0 Å². The number of halogens is 2. The van der Waals surface area contributed by atoms with Crippen molar-refractivity contribution < 1.29 is 9.18 Å². The number of Topliss-reactive ketones (excluding diaryl/α,β-unsaturated/α-hetero) is 1. The van der Waals surface area contributed by atoms with Gasteiger partial charge in [0, 0.05) is 6.54 Å². The molecule has 76 valence electrons. The molecular formula is C10H11BrFNO. The van der Waals surface area contributed by atoms with Gasteiger partial charge in [-0.3, -0.25) is 4.79 Å². The molecule has 1 rings (SSSR count). The highest BCUT2D eigenvalue weighted by molar-refractivity contribution is 9.10. The van der Waals surface area contributed by atoms with E-state index in [0.717, 1.165) is 0 Å². The number of carbonyl (C=O) groups excluding carboxylic acids is 1. The van der Waals surface area contributed by atoms with Crippen molar-refractivity contribution in [3.63, 3.8) is 0 Å². The van der Waals surface area contributed by atoms with Gasteiger partial charge < -0.3 is 5.73 Å². The molecule has 0 spiro atoms. The zero-order valence-electron chi connectivity index (χ0n) is 7.76. The van der Waals surface area contributed by atoms with Crippen molar-refractivity contribution in [1.29, 1.82) is 0 Å². The van der Waals surface area contributed by atoms with Crippen molar-refractivity contribution in [3.05, 3.63) is 34.1 Å². The fourth-order valence-corrected chi connectivity index (χ4v) is 1.51. The number of nitrogens with two attached hydrogens (primary N) is 1. The lowest BCUT2D eigenvalue weighted by molar-refractivity contribution is -0.118. The average Bonchev–Trinajstić information content (AvgIpc) is 2.11. The summed E-state index contributed by atoms with van der Waals surface area (Å²) in [6, 6.07) is 4.62. The van der Waals surface area contributed by atoms with Gasteiger partial charge in [-0.05, 0) is 40.5 Å². The molecule has 0 unspecified atom stereocenters. The van der Waals surface area contributed by atoms with Crippen molar-refractivity contribution in [2.75, 3.05) is 6.54 Å². The zero-order chi connectivity index (χ0) is 10.7. The SMILES string of the molecule is CC(=O)[C@H](CN)c1ccc(Br)c(F)c1. The maximum atomic E-state index is 13.1. The molecule has 1 aromatic rings. The molecule has 0 radical (unpaired) electrons. The summed E-state index contributed by atoms with van der Waals surface area (Å²) in [7, 11) is 0. The van der Waals surface area contributed by atoms with Crippen LogP contribution in [0.25, 0.3) is 0 Å². The summed E-state index contributed by atoms with van der Waals surface area (Å²) in [6.07, 6.45) is 0. The van der Waals surface area contributed by atoms with E-state index in [1.54, 1.807) is 12.1 Å². The first-order chi connectivity index (χ1) is 6.56. The van der Waals surface area contributed by atoms with E-state index < -0.39 is 5.92 Å². The first kappa shape index (κ1) is 11.3. The van der Waals surface area contributed by atoms with Gasteiger partial charge in [-0.15, -0.1) is 0 Å². The fourth-order valence-electron chi connectivity index (χ4n) is 1.27. The van der Waals surface area contributed by atoms with Crippen molar-refractivity contribution in [3.8, 4) is 0 Å². The second-order valence-corrected chi connectivity index (χ2v) is 3.93. The summed E-state index contributed by atoms with van der Waals surface area (Å²) in [4.78, 5) is 11.2. The summed E-state index contributed by atoms with van der Waals surface area (Å²) in [5.41, 5.74) is 6.06. The van der Waals surface area contributed by atoms with Crippen LogP contribution in [0.3, 0.4) is 0 Å². The Morgan fingerprint density at radius 3 is 2.71 bits per heavy atom. The van der Waals surface area contributed by atoms with E-state index in [1.165, 1.54) is 13.0 Å². The van der Waals surface area contributed by atoms with Gasteiger partial charge in [-0.25, -0.2) is 4.39 Å². The van der Waals surface area contributed by atoms with E-state index in [4.69, 9.17) is 5.73 Å². The number of ketones is 1. The summed E-state index contributed by atoms with van der Waals surface area (Å²) in [6.45, 7) is 1.66. The molecule has 0 fully saturated rings. The molecule has 0 aliphatic rings. The van der Waals surface area contributed by atoms with Crippen LogP contribution >= 0.6 is 15.9 Å². The van der Waals surface area contributed by atoms with E-state index in [0.29, 0.717) is 10.0 Å². The lowest BCUT2D eigenvalue weighted by Gasteiger charge is -2.11. The largest absolute Gasteiger partial charge is 0.329 e. The predicted molar refractivity (Wildman–Crippen MR) is 56.6 cm³/mol. The molecule has 0 saturated heterocycles. The minimum absolute atomic E-state index is 0.0470. The average molecular weight is 260 g/mol. The Morgan fingerprint density at radius 2 is 2.29 bits per heavy atom.